The van der Waals surface area contributed by atoms with Gasteiger partial charge in [-0.25, -0.2) is 4.40 Å². The molecule has 0 amide bonds. The molecule has 14 heavy (non-hydrogen) atoms. The molecule has 0 saturated heterocycles. The van der Waals surface area contributed by atoms with Crippen LogP contribution in [0.5, 0.6) is 0 Å². The van der Waals surface area contributed by atoms with Crippen LogP contribution in [0.1, 0.15) is 0 Å². The molecule has 0 unspecified atom stereocenters. The van der Waals surface area contributed by atoms with E-state index < -0.39 is 16.7 Å². The van der Waals surface area contributed by atoms with Crippen LogP contribution in [-0.4, -0.2) is 14.3 Å². The first-order valence-corrected chi connectivity index (χ1v) is 3.68. The minimum atomic E-state index is -0.703. The Balaban J connectivity index is 2.91. The second-order valence-corrected chi connectivity index (χ2v) is 2.62. The maximum absolute atomic E-state index is 13.1. The number of hydrogen-bond donors (Lipinski definition) is 1. The summed E-state index contributed by atoms with van der Waals surface area (Å²) < 4.78 is 14.0. The first-order chi connectivity index (χ1) is 6.61. The maximum Gasteiger partial charge on any atom is 0.392 e. The van der Waals surface area contributed by atoms with E-state index in [1.54, 1.807) is 0 Å². The average molecular weight is 196 g/mol. The van der Waals surface area contributed by atoms with Crippen LogP contribution in [0, 0.1) is 16.1 Å². The molecule has 2 N–H and O–H groups in total. The molecule has 2 aromatic rings. The zero-order valence-electron chi connectivity index (χ0n) is 6.85. The van der Waals surface area contributed by atoms with Crippen molar-refractivity contribution in [3.05, 3.63) is 34.3 Å². The highest BCUT2D eigenvalue weighted by Gasteiger charge is 2.21. The van der Waals surface area contributed by atoms with Gasteiger partial charge in [0.15, 0.2) is 5.52 Å². The summed E-state index contributed by atoms with van der Waals surface area (Å²) in [5, 5.41) is 10.5. The van der Waals surface area contributed by atoms with Crippen molar-refractivity contribution in [3.8, 4) is 0 Å². The first kappa shape index (κ1) is 8.42. The third kappa shape index (κ3) is 0.987. The number of nitro groups is 1. The van der Waals surface area contributed by atoms with E-state index in [4.69, 9.17) is 5.73 Å². The Morgan fingerprint density at radius 1 is 1.57 bits per heavy atom. The fraction of sp³-hybridized carbons (Fsp3) is 0. The molecule has 2 aromatic heterocycles. The van der Waals surface area contributed by atoms with E-state index in [9.17, 15) is 14.5 Å². The number of rotatable bonds is 1. The van der Waals surface area contributed by atoms with Gasteiger partial charge in [0.25, 0.3) is 0 Å². The topological polar surface area (TPSA) is 86.5 Å². The summed E-state index contributed by atoms with van der Waals surface area (Å²) in [7, 11) is 0. The number of anilines is 1. The molecule has 7 heteroatoms. The van der Waals surface area contributed by atoms with Gasteiger partial charge in [0.2, 0.25) is 5.95 Å². The summed E-state index contributed by atoms with van der Waals surface area (Å²) in [4.78, 5) is 13.2. The number of imidazole rings is 1. The standard InChI is InChI=1S/C7H5FN4O2/c8-5-3-1-2-4-6(12(13)14)10-7(9)11(4)5/h1-3H,(H2,9,10). The van der Waals surface area contributed by atoms with Crippen molar-refractivity contribution in [2.75, 3.05) is 5.73 Å². The SMILES string of the molecule is Nc1nc([N+](=O)[O-])c2cccc(F)n12. The smallest absolute Gasteiger partial charge is 0.358 e. The average Bonchev–Trinajstić information content (AvgIpc) is 2.45. The molecule has 2 rings (SSSR count). The molecule has 2 heterocycles. The van der Waals surface area contributed by atoms with Gasteiger partial charge in [-0.3, -0.25) is 0 Å². The molecule has 0 aliphatic rings. The molecule has 0 aliphatic carbocycles. The van der Waals surface area contributed by atoms with Gasteiger partial charge in [0, 0.05) is 4.98 Å². The second-order valence-electron chi connectivity index (χ2n) is 2.62. The monoisotopic (exact) mass is 196 g/mol. The van der Waals surface area contributed by atoms with Crippen LogP contribution in [-0.2, 0) is 0 Å². The molecule has 0 fully saturated rings. The third-order valence-corrected chi connectivity index (χ3v) is 1.79. The minimum Gasteiger partial charge on any atom is -0.358 e. The van der Waals surface area contributed by atoms with Gasteiger partial charge in [0.1, 0.15) is 0 Å². The molecule has 0 radical (unpaired) electrons. The summed E-state index contributed by atoms with van der Waals surface area (Å²) in [6.45, 7) is 0. The number of nitrogen functional groups attached to an aromatic ring is 1. The zero-order valence-corrected chi connectivity index (χ0v) is 6.85. The van der Waals surface area contributed by atoms with E-state index in [2.05, 4.69) is 4.98 Å². The number of nitrogens with zero attached hydrogens (tertiary/aromatic N) is 3. The number of nitrogens with two attached hydrogens (primary N) is 1. The summed E-state index contributed by atoms with van der Waals surface area (Å²) in [6, 6.07) is 3.89. The first-order valence-electron chi connectivity index (χ1n) is 3.68. The lowest BCUT2D eigenvalue weighted by Crippen LogP contribution is -1.97. The van der Waals surface area contributed by atoms with Crippen LogP contribution >= 0.6 is 0 Å². The highest BCUT2D eigenvalue weighted by molar-refractivity contribution is 5.65. The van der Waals surface area contributed by atoms with Crippen LogP contribution in [0.3, 0.4) is 0 Å². The molecule has 0 bridgehead atoms. The van der Waals surface area contributed by atoms with Gasteiger partial charge in [-0.1, -0.05) is 6.07 Å². The minimum absolute atomic E-state index is 0.0486. The fourth-order valence-electron chi connectivity index (χ4n) is 1.24. The van der Waals surface area contributed by atoms with Gasteiger partial charge in [-0.2, -0.15) is 4.39 Å². The van der Waals surface area contributed by atoms with E-state index in [-0.39, 0.29) is 11.5 Å². The number of fused-ring (bicyclic) bond motifs is 1. The molecule has 6 nitrogen and oxygen atoms in total. The Labute approximate surface area is 76.9 Å². The van der Waals surface area contributed by atoms with E-state index in [1.807, 2.05) is 0 Å². The quantitative estimate of drug-likeness (QED) is 0.418. The lowest BCUT2D eigenvalue weighted by Gasteiger charge is -1.94. The van der Waals surface area contributed by atoms with Crippen molar-refractivity contribution < 1.29 is 9.31 Å². The Hall–Kier alpha value is -2.18. The van der Waals surface area contributed by atoms with Crippen molar-refractivity contribution in [2.45, 2.75) is 0 Å². The second kappa shape index (κ2) is 2.66. The van der Waals surface area contributed by atoms with E-state index in [0.717, 1.165) is 10.5 Å². The Bertz CT molecular complexity index is 522. The van der Waals surface area contributed by atoms with E-state index in [1.165, 1.54) is 12.1 Å². The van der Waals surface area contributed by atoms with Gasteiger partial charge >= 0.3 is 11.8 Å². The van der Waals surface area contributed by atoms with Crippen LogP contribution in [0.25, 0.3) is 5.52 Å². The number of aromatic nitrogens is 2. The predicted octanol–water partition coefficient (Wildman–Crippen LogP) is 0.964. The summed E-state index contributed by atoms with van der Waals surface area (Å²) in [5.74, 6) is -1.35. The van der Waals surface area contributed by atoms with E-state index >= 15 is 0 Å². The van der Waals surface area contributed by atoms with E-state index in [0.29, 0.717) is 0 Å². The van der Waals surface area contributed by atoms with Crippen molar-refractivity contribution in [2.24, 2.45) is 0 Å². The van der Waals surface area contributed by atoms with Crippen LogP contribution in [0.15, 0.2) is 18.2 Å². The molecule has 0 spiro atoms. The molecule has 72 valence electrons. The summed E-state index contributed by atoms with van der Waals surface area (Å²) in [6.07, 6.45) is 0. The lowest BCUT2D eigenvalue weighted by atomic mass is 10.4. The molecular formula is C7H5FN4O2. The van der Waals surface area contributed by atoms with Crippen LogP contribution in [0.2, 0.25) is 0 Å². The van der Waals surface area contributed by atoms with Crippen LogP contribution < -0.4 is 5.73 Å². The zero-order chi connectivity index (χ0) is 10.3. The van der Waals surface area contributed by atoms with Gasteiger partial charge in [-0.15, -0.1) is 0 Å². The maximum atomic E-state index is 13.1. The fourth-order valence-corrected chi connectivity index (χ4v) is 1.24. The Morgan fingerprint density at radius 3 is 2.93 bits per heavy atom. The van der Waals surface area contributed by atoms with Gasteiger partial charge in [0.05, 0.1) is 0 Å². The van der Waals surface area contributed by atoms with Gasteiger partial charge < -0.3 is 15.8 Å². The number of halogens is 1. The molecule has 0 atom stereocenters. The van der Waals surface area contributed by atoms with Crippen molar-refractivity contribution >= 4 is 17.3 Å². The van der Waals surface area contributed by atoms with Crippen molar-refractivity contribution in [1.82, 2.24) is 9.38 Å². The van der Waals surface area contributed by atoms with Crippen molar-refractivity contribution in [1.29, 1.82) is 0 Å². The largest absolute Gasteiger partial charge is 0.392 e. The molecular weight excluding hydrogens is 191 g/mol. The highest BCUT2D eigenvalue weighted by Crippen LogP contribution is 2.22. The number of hydrogen-bond acceptors (Lipinski definition) is 4. The Kier molecular flexibility index (Phi) is 1.60. The predicted molar refractivity (Wildman–Crippen MR) is 46.2 cm³/mol. The number of pyridine rings is 1. The van der Waals surface area contributed by atoms with Crippen molar-refractivity contribution in [3.63, 3.8) is 0 Å². The normalized spacial score (nSPS) is 10.6. The Morgan fingerprint density at radius 2 is 2.29 bits per heavy atom. The highest BCUT2D eigenvalue weighted by atomic mass is 19.1. The molecule has 0 aliphatic heterocycles. The van der Waals surface area contributed by atoms with Gasteiger partial charge in [-0.05, 0) is 17.1 Å². The summed E-state index contributed by atoms with van der Waals surface area (Å²) in [5.41, 5.74) is 5.37. The third-order valence-electron chi connectivity index (χ3n) is 1.79. The lowest BCUT2D eigenvalue weighted by molar-refractivity contribution is -0.387. The summed E-state index contributed by atoms with van der Waals surface area (Å²) >= 11 is 0. The molecule has 0 aromatic carbocycles. The van der Waals surface area contributed by atoms with Crippen LogP contribution in [0.4, 0.5) is 16.2 Å². The molecule has 0 saturated carbocycles.